The lowest BCUT2D eigenvalue weighted by molar-refractivity contribution is 0.434. The van der Waals surface area contributed by atoms with Crippen molar-refractivity contribution in [3.05, 3.63) is 18.2 Å². The Morgan fingerprint density at radius 1 is 0.481 bits per heavy atom. The largest absolute Gasteiger partial charge is 0.371 e. The minimum atomic E-state index is 0.885. The molecule has 3 aliphatic heterocycles. The van der Waals surface area contributed by atoms with Crippen LogP contribution in [0, 0.1) is 17.8 Å². The van der Waals surface area contributed by atoms with E-state index in [2.05, 4.69) is 53.7 Å². The van der Waals surface area contributed by atoms with Crippen molar-refractivity contribution in [2.45, 2.75) is 59.3 Å². The van der Waals surface area contributed by atoms with Gasteiger partial charge in [0.1, 0.15) is 0 Å². The van der Waals surface area contributed by atoms with E-state index in [0.717, 1.165) is 17.8 Å². The molecule has 27 heavy (non-hydrogen) atoms. The number of nitrogens with zero attached hydrogens (tertiary/aromatic N) is 3. The van der Waals surface area contributed by atoms with Gasteiger partial charge in [0, 0.05) is 56.3 Å². The topological polar surface area (TPSA) is 9.72 Å². The van der Waals surface area contributed by atoms with Crippen LogP contribution < -0.4 is 14.7 Å². The van der Waals surface area contributed by atoms with Crippen LogP contribution in [0.15, 0.2) is 18.2 Å². The van der Waals surface area contributed by atoms with Gasteiger partial charge in [0.15, 0.2) is 0 Å². The summed E-state index contributed by atoms with van der Waals surface area (Å²) >= 11 is 0. The SMILES string of the molecule is CC1CCN(c2cc(N3CCC(C)CC3)cc(N3CCC(C)CC3)c2)CC1. The van der Waals surface area contributed by atoms with Crippen molar-refractivity contribution >= 4 is 17.1 Å². The van der Waals surface area contributed by atoms with E-state index in [1.165, 1.54) is 94.9 Å². The molecule has 3 nitrogen and oxygen atoms in total. The van der Waals surface area contributed by atoms with Gasteiger partial charge >= 0.3 is 0 Å². The third-order valence-electron chi connectivity index (χ3n) is 7.33. The molecule has 0 N–H and O–H groups in total. The molecule has 1 aromatic carbocycles. The Bertz CT molecular complexity index is 506. The van der Waals surface area contributed by atoms with Crippen LogP contribution in [0.3, 0.4) is 0 Å². The maximum Gasteiger partial charge on any atom is 0.0407 e. The molecular formula is C24H39N3. The van der Waals surface area contributed by atoms with Crippen molar-refractivity contribution in [2.24, 2.45) is 17.8 Å². The summed E-state index contributed by atoms with van der Waals surface area (Å²) in [6.45, 7) is 14.5. The summed E-state index contributed by atoms with van der Waals surface area (Å²) in [7, 11) is 0. The highest BCUT2D eigenvalue weighted by atomic mass is 15.2. The van der Waals surface area contributed by atoms with Crippen molar-refractivity contribution in [2.75, 3.05) is 54.0 Å². The number of benzene rings is 1. The molecule has 0 radical (unpaired) electrons. The summed E-state index contributed by atoms with van der Waals surface area (Å²) in [6.07, 6.45) is 8.01. The van der Waals surface area contributed by atoms with Gasteiger partial charge in [0.25, 0.3) is 0 Å². The highest BCUT2D eigenvalue weighted by molar-refractivity contribution is 5.70. The molecule has 0 aromatic heterocycles. The fraction of sp³-hybridized carbons (Fsp3) is 0.750. The highest BCUT2D eigenvalue weighted by Gasteiger charge is 2.23. The summed E-state index contributed by atoms with van der Waals surface area (Å²) in [4.78, 5) is 7.93. The number of rotatable bonds is 3. The second-order valence-electron chi connectivity index (χ2n) is 9.72. The van der Waals surface area contributed by atoms with E-state index in [9.17, 15) is 0 Å². The van der Waals surface area contributed by atoms with Crippen molar-refractivity contribution in [3.8, 4) is 0 Å². The zero-order valence-electron chi connectivity index (χ0n) is 17.8. The van der Waals surface area contributed by atoms with Gasteiger partial charge in [-0.3, -0.25) is 0 Å². The molecule has 3 aliphatic rings. The van der Waals surface area contributed by atoms with E-state index in [1.54, 1.807) is 0 Å². The van der Waals surface area contributed by atoms with Crippen molar-refractivity contribution < 1.29 is 0 Å². The maximum atomic E-state index is 2.64. The van der Waals surface area contributed by atoms with Gasteiger partial charge in [0.2, 0.25) is 0 Å². The molecule has 3 saturated heterocycles. The minimum Gasteiger partial charge on any atom is -0.371 e. The summed E-state index contributed by atoms with van der Waals surface area (Å²) in [5.74, 6) is 2.66. The molecule has 0 aliphatic carbocycles. The van der Waals surface area contributed by atoms with E-state index in [4.69, 9.17) is 0 Å². The van der Waals surface area contributed by atoms with E-state index in [-0.39, 0.29) is 0 Å². The maximum absolute atomic E-state index is 2.64. The first-order valence-electron chi connectivity index (χ1n) is 11.5. The first-order chi connectivity index (χ1) is 13.1. The Labute approximate surface area is 166 Å². The van der Waals surface area contributed by atoms with Crippen LogP contribution in [0.2, 0.25) is 0 Å². The quantitative estimate of drug-likeness (QED) is 0.707. The van der Waals surface area contributed by atoms with Crippen molar-refractivity contribution in [1.82, 2.24) is 0 Å². The lowest BCUT2D eigenvalue weighted by atomic mass is 9.96. The molecule has 0 atom stereocenters. The lowest BCUT2D eigenvalue weighted by Crippen LogP contribution is -2.36. The molecule has 3 fully saturated rings. The van der Waals surface area contributed by atoms with Crippen LogP contribution >= 0.6 is 0 Å². The summed E-state index contributed by atoms with van der Waals surface area (Å²) in [5, 5.41) is 0. The summed E-state index contributed by atoms with van der Waals surface area (Å²) < 4.78 is 0. The molecule has 1 aromatic rings. The third-order valence-corrected chi connectivity index (χ3v) is 7.33. The van der Waals surface area contributed by atoms with Gasteiger partial charge in [-0.2, -0.15) is 0 Å². The second kappa shape index (κ2) is 8.32. The van der Waals surface area contributed by atoms with E-state index < -0.39 is 0 Å². The fourth-order valence-electron chi connectivity index (χ4n) is 4.93. The predicted molar refractivity (Wildman–Crippen MR) is 118 cm³/mol. The molecule has 0 bridgehead atoms. The van der Waals surface area contributed by atoms with Crippen LogP contribution in [-0.4, -0.2) is 39.3 Å². The van der Waals surface area contributed by atoms with Gasteiger partial charge in [-0.05, 0) is 74.5 Å². The number of hydrogen-bond donors (Lipinski definition) is 0. The molecule has 0 unspecified atom stereocenters. The molecular weight excluding hydrogens is 330 g/mol. The smallest absolute Gasteiger partial charge is 0.0407 e. The van der Waals surface area contributed by atoms with Gasteiger partial charge in [-0.1, -0.05) is 20.8 Å². The monoisotopic (exact) mass is 369 g/mol. The second-order valence-corrected chi connectivity index (χ2v) is 9.72. The normalized spacial score (nSPS) is 23.9. The third kappa shape index (κ3) is 4.55. The van der Waals surface area contributed by atoms with Crippen LogP contribution in [-0.2, 0) is 0 Å². The molecule has 0 amide bonds. The standard InChI is InChI=1S/C24H39N3/c1-19-4-10-25(11-5-19)22-16-23(26-12-6-20(2)7-13-26)18-24(17-22)27-14-8-21(3)9-15-27/h16-21H,4-15H2,1-3H3. The van der Waals surface area contributed by atoms with E-state index >= 15 is 0 Å². The van der Waals surface area contributed by atoms with Gasteiger partial charge in [-0.25, -0.2) is 0 Å². The molecule has 4 rings (SSSR count). The van der Waals surface area contributed by atoms with Gasteiger partial charge < -0.3 is 14.7 Å². The van der Waals surface area contributed by atoms with Crippen LogP contribution in [0.5, 0.6) is 0 Å². The lowest BCUT2D eigenvalue weighted by Gasteiger charge is -2.38. The molecule has 3 heteroatoms. The average molecular weight is 370 g/mol. The minimum absolute atomic E-state index is 0.885. The fourth-order valence-corrected chi connectivity index (χ4v) is 4.93. The van der Waals surface area contributed by atoms with Gasteiger partial charge in [-0.15, -0.1) is 0 Å². The first kappa shape index (κ1) is 19.0. The Hall–Kier alpha value is -1.38. The Morgan fingerprint density at radius 3 is 0.926 bits per heavy atom. The first-order valence-corrected chi connectivity index (χ1v) is 11.5. The highest BCUT2D eigenvalue weighted by Crippen LogP contribution is 2.35. The zero-order valence-corrected chi connectivity index (χ0v) is 17.8. The Kier molecular flexibility index (Phi) is 5.85. The Morgan fingerprint density at radius 2 is 0.704 bits per heavy atom. The van der Waals surface area contributed by atoms with E-state index in [0.29, 0.717) is 0 Å². The van der Waals surface area contributed by atoms with Gasteiger partial charge in [0.05, 0.1) is 0 Å². The summed E-state index contributed by atoms with van der Waals surface area (Å²) in [5.41, 5.74) is 4.39. The van der Waals surface area contributed by atoms with Crippen LogP contribution in [0.25, 0.3) is 0 Å². The van der Waals surface area contributed by atoms with Crippen LogP contribution in [0.4, 0.5) is 17.1 Å². The number of hydrogen-bond acceptors (Lipinski definition) is 3. The molecule has 3 heterocycles. The number of anilines is 3. The van der Waals surface area contributed by atoms with Crippen molar-refractivity contribution in [3.63, 3.8) is 0 Å². The molecule has 0 saturated carbocycles. The van der Waals surface area contributed by atoms with Crippen molar-refractivity contribution in [1.29, 1.82) is 0 Å². The average Bonchev–Trinajstić information content (AvgIpc) is 2.69. The predicted octanol–water partition coefficient (Wildman–Crippen LogP) is 5.40. The number of piperidine rings is 3. The molecule has 0 spiro atoms. The molecule has 150 valence electrons. The van der Waals surface area contributed by atoms with E-state index in [1.807, 2.05) is 0 Å². The Balaban J connectivity index is 1.59. The van der Waals surface area contributed by atoms with Crippen LogP contribution in [0.1, 0.15) is 59.3 Å². The zero-order chi connectivity index (χ0) is 18.8. The summed E-state index contributed by atoms with van der Waals surface area (Å²) in [6, 6.07) is 7.46.